The maximum absolute atomic E-state index is 11.6. The second-order valence-electron chi connectivity index (χ2n) is 5.75. The van der Waals surface area contributed by atoms with E-state index in [0.29, 0.717) is 5.92 Å². The molecular weight excluding hydrogens is 226 g/mol. The molecule has 1 N–H and O–H groups in total. The van der Waals surface area contributed by atoms with Gasteiger partial charge >= 0.3 is 5.97 Å². The van der Waals surface area contributed by atoms with Crippen LogP contribution in [0.15, 0.2) is 24.3 Å². The molecule has 18 heavy (non-hydrogen) atoms. The van der Waals surface area contributed by atoms with Gasteiger partial charge in [-0.25, -0.2) is 0 Å². The molecule has 1 aliphatic carbocycles. The Morgan fingerprint density at radius 3 is 2.50 bits per heavy atom. The Hall–Kier alpha value is -1.35. The molecule has 1 saturated carbocycles. The lowest BCUT2D eigenvalue weighted by Crippen LogP contribution is -2.46. The van der Waals surface area contributed by atoms with Crippen LogP contribution >= 0.6 is 0 Å². The summed E-state index contributed by atoms with van der Waals surface area (Å²) >= 11 is 0. The predicted molar refractivity (Wildman–Crippen MR) is 69.8 cm³/mol. The number of carboxylic acids is 1. The normalized spacial score (nSPS) is 23.2. The van der Waals surface area contributed by atoms with Gasteiger partial charge < -0.3 is 10.0 Å². The van der Waals surface area contributed by atoms with Crippen molar-refractivity contribution in [2.45, 2.75) is 30.6 Å². The molecule has 0 spiro atoms. The highest BCUT2D eigenvalue weighted by Gasteiger charge is 2.48. The van der Waals surface area contributed by atoms with Crippen molar-refractivity contribution in [1.82, 2.24) is 4.90 Å². The quantitative estimate of drug-likeness (QED) is 0.887. The van der Waals surface area contributed by atoms with Crippen molar-refractivity contribution >= 4 is 5.97 Å². The molecule has 0 radical (unpaired) electrons. The Kier molecular flexibility index (Phi) is 2.67. The standard InChI is InChI=1S/C15H19NO2/c1-16-9-11(10-16)12-5-2-3-6-13(12)15(14(17)18)7-4-8-15/h2-3,5-6,11H,4,7-10H2,1H3,(H,17,18). The summed E-state index contributed by atoms with van der Waals surface area (Å²) in [4.78, 5) is 13.9. The Morgan fingerprint density at radius 2 is 2.00 bits per heavy atom. The number of likely N-dealkylation sites (tertiary alicyclic amines) is 1. The Balaban J connectivity index is 1.99. The van der Waals surface area contributed by atoms with Crippen molar-refractivity contribution in [1.29, 1.82) is 0 Å². The maximum atomic E-state index is 11.6. The van der Waals surface area contributed by atoms with Crippen molar-refractivity contribution in [2.24, 2.45) is 0 Å². The van der Waals surface area contributed by atoms with E-state index in [1.807, 2.05) is 18.2 Å². The molecule has 0 unspecified atom stereocenters. The monoisotopic (exact) mass is 245 g/mol. The number of likely N-dealkylation sites (N-methyl/N-ethyl adjacent to an activating group) is 1. The van der Waals surface area contributed by atoms with E-state index in [2.05, 4.69) is 18.0 Å². The second kappa shape index (κ2) is 4.09. The fraction of sp³-hybridized carbons (Fsp3) is 0.533. The topological polar surface area (TPSA) is 40.5 Å². The van der Waals surface area contributed by atoms with Gasteiger partial charge in [-0.05, 0) is 31.0 Å². The summed E-state index contributed by atoms with van der Waals surface area (Å²) in [7, 11) is 2.11. The van der Waals surface area contributed by atoms with Gasteiger partial charge in [0.15, 0.2) is 0 Å². The lowest BCUT2D eigenvalue weighted by atomic mass is 9.62. The summed E-state index contributed by atoms with van der Waals surface area (Å²) in [5.74, 6) is -0.128. The van der Waals surface area contributed by atoms with Crippen molar-refractivity contribution in [2.75, 3.05) is 20.1 Å². The van der Waals surface area contributed by atoms with Gasteiger partial charge in [-0.3, -0.25) is 4.79 Å². The molecule has 2 fully saturated rings. The molecule has 3 heteroatoms. The SMILES string of the molecule is CN1CC(c2ccccc2C2(C(=O)O)CCC2)C1. The third-order valence-corrected chi connectivity index (χ3v) is 4.60. The third kappa shape index (κ3) is 1.57. The molecule has 3 nitrogen and oxygen atoms in total. The van der Waals surface area contributed by atoms with Crippen LogP contribution in [0, 0.1) is 0 Å². The highest BCUT2D eigenvalue weighted by atomic mass is 16.4. The van der Waals surface area contributed by atoms with Crippen LogP contribution < -0.4 is 0 Å². The lowest BCUT2D eigenvalue weighted by Gasteiger charge is -2.43. The van der Waals surface area contributed by atoms with Crippen LogP contribution in [0.3, 0.4) is 0 Å². The number of benzene rings is 1. The summed E-state index contributed by atoms with van der Waals surface area (Å²) in [6, 6.07) is 8.16. The minimum absolute atomic E-state index is 0.517. The van der Waals surface area contributed by atoms with Crippen molar-refractivity contribution in [3.63, 3.8) is 0 Å². The van der Waals surface area contributed by atoms with Gasteiger partial charge in [-0.2, -0.15) is 0 Å². The molecule has 1 aromatic carbocycles. The van der Waals surface area contributed by atoms with Crippen molar-refractivity contribution in [3.05, 3.63) is 35.4 Å². The highest BCUT2D eigenvalue weighted by molar-refractivity contribution is 5.83. The first kappa shape index (κ1) is 11.7. The minimum Gasteiger partial charge on any atom is -0.481 e. The molecule has 0 bridgehead atoms. The molecule has 0 aromatic heterocycles. The van der Waals surface area contributed by atoms with Crippen molar-refractivity contribution in [3.8, 4) is 0 Å². The first-order chi connectivity index (χ1) is 8.63. The van der Waals surface area contributed by atoms with Gasteiger partial charge in [-0.15, -0.1) is 0 Å². The molecule has 3 rings (SSSR count). The van der Waals surface area contributed by atoms with Gasteiger partial charge in [-0.1, -0.05) is 30.7 Å². The van der Waals surface area contributed by atoms with Crippen molar-refractivity contribution < 1.29 is 9.90 Å². The summed E-state index contributed by atoms with van der Waals surface area (Å²) < 4.78 is 0. The number of carbonyl (C=O) groups is 1. The van der Waals surface area contributed by atoms with Crippen LogP contribution in [0.2, 0.25) is 0 Å². The number of rotatable bonds is 3. The Bertz CT molecular complexity index is 473. The second-order valence-corrected chi connectivity index (χ2v) is 5.75. The first-order valence-electron chi connectivity index (χ1n) is 6.65. The van der Waals surface area contributed by atoms with E-state index in [-0.39, 0.29) is 0 Å². The predicted octanol–water partition coefficient (Wildman–Crippen LogP) is 2.22. The molecule has 1 aliphatic heterocycles. The summed E-state index contributed by atoms with van der Waals surface area (Å²) in [6.07, 6.45) is 2.62. The largest absolute Gasteiger partial charge is 0.481 e. The number of carboxylic acid groups (broad SMARTS) is 1. The third-order valence-electron chi connectivity index (χ3n) is 4.60. The van der Waals surface area contributed by atoms with Crippen LogP contribution in [0.25, 0.3) is 0 Å². The number of aliphatic carboxylic acids is 1. The van der Waals surface area contributed by atoms with Crippen LogP contribution in [0.1, 0.15) is 36.3 Å². The van der Waals surface area contributed by atoms with Crippen LogP contribution in [0.4, 0.5) is 0 Å². The van der Waals surface area contributed by atoms with E-state index >= 15 is 0 Å². The number of nitrogens with zero attached hydrogens (tertiary/aromatic N) is 1. The van der Waals surface area contributed by atoms with E-state index in [1.165, 1.54) is 5.56 Å². The van der Waals surface area contributed by atoms with Gasteiger partial charge in [0.2, 0.25) is 0 Å². The van der Waals surface area contributed by atoms with Crippen LogP contribution in [-0.2, 0) is 10.2 Å². The van der Waals surface area contributed by atoms with E-state index in [4.69, 9.17) is 0 Å². The fourth-order valence-corrected chi connectivity index (χ4v) is 3.31. The molecule has 1 saturated heterocycles. The minimum atomic E-state index is -0.645. The molecule has 0 atom stereocenters. The average Bonchev–Trinajstić information content (AvgIpc) is 2.24. The summed E-state index contributed by atoms with van der Waals surface area (Å²) in [5.41, 5.74) is 1.74. The maximum Gasteiger partial charge on any atom is 0.314 e. The zero-order chi connectivity index (χ0) is 12.8. The Morgan fingerprint density at radius 1 is 1.33 bits per heavy atom. The molecule has 1 heterocycles. The van der Waals surface area contributed by atoms with Crippen LogP contribution in [0.5, 0.6) is 0 Å². The van der Waals surface area contributed by atoms with E-state index in [1.54, 1.807) is 0 Å². The van der Waals surface area contributed by atoms with Gasteiger partial charge in [0.1, 0.15) is 0 Å². The zero-order valence-electron chi connectivity index (χ0n) is 10.7. The summed E-state index contributed by atoms with van der Waals surface area (Å²) in [5, 5.41) is 9.58. The molecule has 96 valence electrons. The molecule has 0 amide bonds. The number of hydrogen-bond donors (Lipinski definition) is 1. The van der Waals surface area contributed by atoms with Gasteiger partial charge in [0.25, 0.3) is 0 Å². The zero-order valence-corrected chi connectivity index (χ0v) is 10.7. The van der Waals surface area contributed by atoms with E-state index in [9.17, 15) is 9.90 Å². The smallest absolute Gasteiger partial charge is 0.314 e. The van der Waals surface area contributed by atoms with E-state index < -0.39 is 11.4 Å². The summed E-state index contributed by atoms with van der Waals surface area (Å²) in [6.45, 7) is 2.10. The van der Waals surface area contributed by atoms with Gasteiger partial charge in [0.05, 0.1) is 5.41 Å². The molecule has 2 aliphatic rings. The molecule has 1 aromatic rings. The van der Waals surface area contributed by atoms with E-state index in [0.717, 1.165) is 37.9 Å². The lowest BCUT2D eigenvalue weighted by molar-refractivity contribution is -0.147. The average molecular weight is 245 g/mol. The van der Waals surface area contributed by atoms with Gasteiger partial charge in [0, 0.05) is 19.0 Å². The Labute approximate surface area is 107 Å². The molecular formula is C15H19NO2. The van der Waals surface area contributed by atoms with Crippen LogP contribution in [-0.4, -0.2) is 36.1 Å². The first-order valence-corrected chi connectivity index (χ1v) is 6.65. The number of hydrogen-bond acceptors (Lipinski definition) is 2. The highest BCUT2D eigenvalue weighted by Crippen LogP contribution is 2.47. The fourth-order valence-electron chi connectivity index (χ4n) is 3.31.